The second-order valence-electron chi connectivity index (χ2n) is 6.01. The monoisotopic (exact) mass is 386 g/mol. The molecular weight excluding hydrogens is 368 g/mol. The third kappa shape index (κ3) is 3.49. The second-order valence-corrected chi connectivity index (χ2v) is 6.92. The van der Waals surface area contributed by atoms with Gasteiger partial charge in [0.25, 0.3) is 0 Å². The summed E-state index contributed by atoms with van der Waals surface area (Å²) >= 11 is 3.38. The fourth-order valence-corrected chi connectivity index (χ4v) is 3.38. The Morgan fingerprint density at radius 3 is 2.92 bits per heavy atom. The van der Waals surface area contributed by atoms with Crippen molar-refractivity contribution in [2.24, 2.45) is 0 Å². The van der Waals surface area contributed by atoms with Crippen LogP contribution in [-0.4, -0.2) is 41.1 Å². The maximum atomic E-state index is 9.39. The topological polar surface area (TPSA) is 68.9 Å². The lowest BCUT2D eigenvalue weighted by atomic mass is 10.0. The Hall–Kier alpha value is -2.20. The van der Waals surface area contributed by atoms with Gasteiger partial charge in [-0.05, 0) is 41.8 Å². The zero-order chi connectivity index (χ0) is 17.1. The van der Waals surface area contributed by atoms with Crippen LogP contribution in [-0.2, 0) is 0 Å². The highest BCUT2D eigenvalue weighted by atomic mass is 79.9. The van der Waals surface area contributed by atoms with Gasteiger partial charge in [0.15, 0.2) is 0 Å². The fraction of sp³-hybridized carbons (Fsp3) is 0.412. The largest absolute Gasteiger partial charge is 0.355 e. The molecule has 0 bridgehead atoms. The van der Waals surface area contributed by atoms with Gasteiger partial charge in [-0.3, -0.25) is 0 Å². The van der Waals surface area contributed by atoms with Crippen LogP contribution in [0.5, 0.6) is 0 Å². The number of aryl methyl sites for hydroxylation is 1. The van der Waals surface area contributed by atoms with E-state index in [4.69, 9.17) is 0 Å². The number of hydrogen-bond acceptors (Lipinski definition) is 6. The third-order valence-corrected chi connectivity index (χ3v) is 4.78. The Kier molecular flexibility index (Phi) is 4.95. The van der Waals surface area contributed by atoms with Gasteiger partial charge in [-0.15, -0.1) is 0 Å². The van der Waals surface area contributed by atoms with Gasteiger partial charge in [-0.1, -0.05) is 0 Å². The number of piperidine rings is 1. The summed E-state index contributed by atoms with van der Waals surface area (Å²) in [4.78, 5) is 17.4. The molecular formula is C17H19BrN6. The molecule has 2 aromatic heterocycles. The third-order valence-electron chi connectivity index (χ3n) is 4.35. The van der Waals surface area contributed by atoms with Gasteiger partial charge in [0, 0.05) is 48.6 Å². The van der Waals surface area contributed by atoms with Gasteiger partial charge >= 0.3 is 0 Å². The second kappa shape index (κ2) is 7.14. The Morgan fingerprint density at radius 1 is 1.33 bits per heavy atom. The summed E-state index contributed by atoms with van der Waals surface area (Å²) in [5, 5.41) is 9.39. The lowest BCUT2D eigenvalue weighted by molar-refractivity contribution is 0.483. The molecule has 124 valence electrons. The van der Waals surface area contributed by atoms with Crippen molar-refractivity contribution in [2.75, 3.05) is 29.9 Å². The van der Waals surface area contributed by atoms with Gasteiger partial charge < -0.3 is 9.80 Å². The van der Waals surface area contributed by atoms with Crippen LogP contribution in [0.25, 0.3) is 0 Å². The molecule has 3 rings (SSSR count). The Morgan fingerprint density at radius 2 is 2.17 bits per heavy atom. The van der Waals surface area contributed by atoms with Crippen LogP contribution in [0.3, 0.4) is 0 Å². The number of nitriles is 1. The van der Waals surface area contributed by atoms with E-state index in [9.17, 15) is 5.26 Å². The maximum Gasteiger partial charge on any atom is 0.146 e. The summed E-state index contributed by atoms with van der Waals surface area (Å²) in [5.74, 6) is 1.69. The van der Waals surface area contributed by atoms with Crippen molar-refractivity contribution < 1.29 is 0 Å². The summed E-state index contributed by atoms with van der Waals surface area (Å²) in [6.07, 6.45) is 5.50. The molecule has 0 aromatic carbocycles. The molecule has 1 atom stereocenters. The smallest absolute Gasteiger partial charge is 0.146 e. The van der Waals surface area contributed by atoms with Crippen LogP contribution < -0.4 is 9.80 Å². The number of aromatic nitrogens is 3. The first kappa shape index (κ1) is 16.7. The number of halogens is 1. The van der Waals surface area contributed by atoms with Crippen LogP contribution in [0.1, 0.15) is 24.1 Å². The highest BCUT2D eigenvalue weighted by Crippen LogP contribution is 2.26. The average Bonchev–Trinajstić information content (AvgIpc) is 2.61. The highest BCUT2D eigenvalue weighted by Gasteiger charge is 2.26. The number of pyridine rings is 1. The first-order valence-electron chi connectivity index (χ1n) is 7.90. The van der Waals surface area contributed by atoms with E-state index in [-0.39, 0.29) is 0 Å². The van der Waals surface area contributed by atoms with E-state index in [1.165, 1.54) is 0 Å². The van der Waals surface area contributed by atoms with E-state index in [0.717, 1.165) is 47.7 Å². The molecule has 1 aliphatic rings. The first-order valence-corrected chi connectivity index (χ1v) is 8.70. The zero-order valence-corrected chi connectivity index (χ0v) is 15.4. The molecule has 0 N–H and O–H groups in total. The van der Waals surface area contributed by atoms with E-state index in [1.54, 1.807) is 12.5 Å². The highest BCUT2D eigenvalue weighted by molar-refractivity contribution is 9.10. The minimum atomic E-state index is 0.324. The van der Waals surface area contributed by atoms with Crippen molar-refractivity contribution in [3.05, 3.63) is 40.4 Å². The fourth-order valence-electron chi connectivity index (χ4n) is 3.05. The molecule has 0 amide bonds. The molecule has 0 saturated carbocycles. The molecule has 7 heteroatoms. The summed E-state index contributed by atoms with van der Waals surface area (Å²) in [7, 11) is 2.07. The van der Waals surface area contributed by atoms with Crippen LogP contribution >= 0.6 is 15.9 Å². The molecule has 6 nitrogen and oxygen atoms in total. The van der Waals surface area contributed by atoms with Crippen molar-refractivity contribution >= 4 is 27.6 Å². The minimum Gasteiger partial charge on any atom is -0.355 e. The van der Waals surface area contributed by atoms with Crippen LogP contribution in [0.2, 0.25) is 0 Å². The van der Waals surface area contributed by atoms with Crippen molar-refractivity contribution in [3.63, 3.8) is 0 Å². The first-order chi connectivity index (χ1) is 11.6. The predicted octanol–water partition coefficient (Wildman–Crippen LogP) is 2.92. The van der Waals surface area contributed by atoms with Crippen LogP contribution in [0.15, 0.2) is 29.1 Å². The van der Waals surface area contributed by atoms with Crippen LogP contribution in [0, 0.1) is 18.3 Å². The van der Waals surface area contributed by atoms with E-state index in [1.807, 2.05) is 19.1 Å². The SMILES string of the molecule is Cc1cc(N(C)C2CCCN(c3ncc(Br)cc3C#N)C2)ncn1. The van der Waals surface area contributed by atoms with Crippen LogP contribution in [0.4, 0.5) is 11.6 Å². The molecule has 1 aliphatic heterocycles. The van der Waals surface area contributed by atoms with Gasteiger partial charge in [0.1, 0.15) is 24.0 Å². The van der Waals surface area contributed by atoms with E-state index >= 15 is 0 Å². The number of anilines is 2. The van der Waals surface area contributed by atoms with Gasteiger partial charge in [-0.25, -0.2) is 15.0 Å². The standard InChI is InChI=1S/C17H19BrN6/c1-12-6-16(22-11-21-12)23(2)15-4-3-5-24(10-15)17-13(8-19)7-14(18)9-20-17/h6-7,9,11,15H,3-5,10H2,1-2H3. The quantitative estimate of drug-likeness (QED) is 0.807. The van der Waals surface area contributed by atoms with Crippen molar-refractivity contribution in [1.29, 1.82) is 5.26 Å². The van der Waals surface area contributed by atoms with Gasteiger partial charge in [0.05, 0.1) is 5.56 Å². The molecule has 0 radical (unpaired) electrons. The Labute approximate surface area is 150 Å². The normalized spacial score (nSPS) is 17.4. The molecule has 1 saturated heterocycles. The van der Waals surface area contributed by atoms with E-state index in [0.29, 0.717) is 11.6 Å². The minimum absolute atomic E-state index is 0.324. The van der Waals surface area contributed by atoms with Gasteiger partial charge in [-0.2, -0.15) is 5.26 Å². The van der Waals surface area contributed by atoms with Crippen molar-refractivity contribution in [2.45, 2.75) is 25.8 Å². The summed E-state index contributed by atoms with van der Waals surface area (Å²) < 4.78 is 0.824. The number of rotatable bonds is 3. The van der Waals surface area contributed by atoms with Crippen molar-refractivity contribution in [1.82, 2.24) is 15.0 Å². The Balaban J connectivity index is 1.81. The molecule has 3 heterocycles. The maximum absolute atomic E-state index is 9.39. The lowest BCUT2D eigenvalue weighted by Gasteiger charge is -2.39. The number of nitrogens with zero attached hydrogens (tertiary/aromatic N) is 6. The number of likely N-dealkylation sites (N-methyl/N-ethyl adjacent to an activating group) is 1. The zero-order valence-electron chi connectivity index (χ0n) is 13.8. The summed E-state index contributed by atoms with van der Waals surface area (Å²) in [5.41, 5.74) is 1.56. The Bertz CT molecular complexity index is 772. The molecule has 2 aromatic rings. The van der Waals surface area contributed by atoms with E-state index in [2.05, 4.69) is 53.8 Å². The van der Waals surface area contributed by atoms with Crippen molar-refractivity contribution in [3.8, 4) is 6.07 Å². The van der Waals surface area contributed by atoms with Gasteiger partial charge in [0.2, 0.25) is 0 Å². The number of hydrogen-bond donors (Lipinski definition) is 0. The molecule has 24 heavy (non-hydrogen) atoms. The van der Waals surface area contributed by atoms with E-state index < -0.39 is 0 Å². The molecule has 1 unspecified atom stereocenters. The summed E-state index contributed by atoms with van der Waals surface area (Å²) in [6.45, 7) is 3.70. The summed E-state index contributed by atoms with van der Waals surface area (Å²) in [6, 6.07) is 6.39. The average molecular weight is 387 g/mol. The lowest BCUT2D eigenvalue weighted by Crippen LogP contribution is -2.47. The molecule has 0 aliphatic carbocycles. The molecule has 1 fully saturated rings. The predicted molar refractivity (Wildman–Crippen MR) is 97.1 cm³/mol. The molecule has 0 spiro atoms.